The summed E-state index contributed by atoms with van der Waals surface area (Å²) in [6.07, 6.45) is 2.16. The highest BCUT2D eigenvalue weighted by Gasteiger charge is 2.16. The summed E-state index contributed by atoms with van der Waals surface area (Å²) in [7, 11) is 0. The van der Waals surface area contributed by atoms with Crippen molar-refractivity contribution in [1.29, 1.82) is 0 Å². The van der Waals surface area contributed by atoms with Crippen LogP contribution in [-0.2, 0) is 6.61 Å². The van der Waals surface area contributed by atoms with Crippen molar-refractivity contribution in [3.63, 3.8) is 0 Å². The molecule has 6 nitrogen and oxygen atoms in total. The smallest absolute Gasteiger partial charge is 0.311 e. The quantitative estimate of drug-likeness (QED) is 0.475. The van der Waals surface area contributed by atoms with Crippen LogP contribution in [0.3, 0.4) is 0 Å². The van der Waals surface area contributed by atoms with Crippen molar-refractivity contribution in [1.82, 2.24) is 4.98 Å². The lowest BCUT2D eigenvalue weighted by Crippen LogP contribution is -2.01. The topological polar surface area (TPSA) is 82.3 Å². The summed E-state index contributed by atoms with van der Waals surface area (Å²) in [5.41, 5.74) is 0.625. The van der Waals surface area contributed by atoms with Crippen LogP contribution in [0.15, 0.2) is 41.0 Å². The SMILES string of the molecule is O=Cc1ccc(OCc2ccc(Br)cn2)c([N+](=O)[O-])c1. The van der Waals surface area contributed by atoms with Crippen molar-refractivity contribution in [3.8, 4) is 5.75 Å². The van der Waals surface area contributed by atoms with Crippen molar-refractivity contribution in [2.75, 3.05) is 0 Å². The van der Waals surface area contributed by atoms with Gasteiger partial charge in [-0.1, -0.05) is 0 Å². The maximum absolute atomic E-state index is 10.9. The molecular formula is C13H9BrN2O4. The van der Waals surface area contributed by atoms with E-state index < -0.39 is 4.92 Å². The zero-order valence-electron chi connectivity index (χ0n) is 10.2. The number of aromatic nitrogens is 1. The lowest BCUT2D eigenvalue weighted by Gasteiger charge is -2.06. The monoisotopic (exact) mass is 336 g/mol. The summed E-state index contributed by atoms with van der Waals surface area (Å²) in [6, 6.07) is 7.59. The minimum absolute atomic E-state index is 0.102. The molecule has 0 atom stereocenters. The molecule has 102 valence electrons. The van der Waals surface area contributed by atoms with Crippen LogP contribution in [0.2, 0.25) is 0 Å². The summed E-state index contributed by atoms with van der Waals surface area (Å²) in [5, 5.41) is 10.9. The first-order chi connectivity index (χ1) is 9.60. The van der Waals surface area contributed by atoms with Gasteiger partial charge in [0.25, 0.3) is 0 Å². The van der Waals surface area contributed by atoms with E-state index >= 15 is 0 Å². The van der Waals surface area contributed by atoms with Crippen LogP contribution in [0.25, 0.3) is 0 Å². The standard InChI is InChI=1S/C13H9BrN2O4/c14-10-2-3-11(15-6-10)8-20-13-4-1-9(7-17)5-12(13)16(18)19/h1-7H,8H2. The molecule has 0 bridgehead atoms. The van der Waals surface area contributed by atoms with Gasteiger partial charge in [-0.2, -0.15) is 0 Å². The number of halogens is 1. The maximum Gasteiger partial charge on any atom is 0.311 e. The van der Waals surface area contributed by atoms with Gasteiger partial charge in [-0.25, -0.2) is 0 Å². The Kier molecular flexibility index (Phi) is 4.41. The Morgan fingerprint density at radius 3 is 2.75 bits per heavy atom. The second-order valence-corrected chi connectivity index (χ2v) is 4.77. The Balaban J connectivity index is 2.18. The van der Waals surface area contributed by atoms with Crippen molar-refractivity contribution < 1.29 is 14.5 Å². The van der Waals surface area contributed by atoms with Gasteiger partial charge in [0.05, 0.1) is 10.6 Å². The van der Waals surface area contributed by atoms with E-state index in [1.165, 1.54) is 18.2 Å². The zero-order chi connectivity index (χ0) is 14.5. The van der Waals surface area contributed by atoms with Crippen LogP contribution >= 0.6 is 15.9 Å². The van der Waals surface area contributed by atoms with E-state index in [0.29, 0.717) is 12.0 Å². The lowest BCUT2D eigenvalue weighted by molar-refractivity contribution is -0.386. The van der Waals surface area contributed by atoms with Gasteiger partial charge in [-0.15, -0.1) is 0 Å². The predicted octanol–water partition coefficient (Wildman–Crippen LogP) is 3.14. The number of benzene rings is 1. The number of rotatable bonds is 5. The number of nitro benzene ring substituents is 1. The molecule has 0 radical (unpaired) electrons. The summed E-state index contributed by atoms with van der Waals surface area (Å²) in [5.74, 6) is 0.102. The van der Waals surface area contributed by atoms with E-state index in [1.54, 1.807) is 18.3 Å². The van der Waals surface area contributed by atoms with E-state index in [2.05, 4.69) is 20.9 Å². The number of pyridine rings is 1. The van der Waals surface area contributed by atoms with Gasteiger partial charge < -0.3 is 4.74 Å². The van der Waals surface area contributed by atoms with Crippen LogP contribution in [0, 0.1) is 10.1 Å². The van der Waals surface area contributed by atoms with Crippen LogP contribution in [0.4, 0.5) is 5.69 Å². The summed E-state index contributed by atoms with van der Waals surface area (Å²) >= 11 is 3.26. The second-order valence-electron chi connectivity index (χ2n) is 3.86. The number of nitrogens with zero attached hydrogens (tertiary/aromatic N) is 2. The first kappa shape index (κ1) is 14.1. The van der Waals surface area contributed by atoms with Crippen LogP contribution in [0.5, 0.6) is 5.75 Å². The van der Waals surface area contributed by atoms with Gasteiger partial charge >= 0.3 is 5.69 Å². The number of nitro groups is 1. The van der Waals surface area contributed by atoms with Gasteiger partial charge in [0.15, 0.2) is 5.75 Å². The van der Waals surface area contributed by atoms with E-state index in [1.807, 2.05) is 0 Å². The second kappa shape index (κ2) is 6.25. The molecule has 0 unspecified atom stereocenters. The third-order valence-corrected chi connectivity index (χ3v) is 2.95. The Hall–Kier alpha value is -2.28. The predicted molar refractivity (Wildman–Crippen MR) is 74.8 cm³/mol. The normalized spacial score (nSPS) is 10.1. The molecule has 0 saturated carbocycles. The third kappa shape index (κ3) is 3.39. The highest BCUT2D eigenvalue weighted by atomic mass is 79.9. The van der Waals surface area contributed by atoms with E-state index in [-0.39, 0.29) is 23.6 Å². The molecule has 7 heteroatoms. The fourth-order valence-electron chi connectivity index (χ4n) is 1.52. The fourth-order valence-corrected chi connectivity index (χ4v) is 1.75. The highest BCUT2D eigenvalue weighted by Crippen LogP contribution is 2.28. The molecule has 0 aliphatic carbocycles. The van der Waals surface area contributed by atoms with E-state index in [0.717, 1.165) is 4.47 Å². The molecule has 0 saturated heterocycles. The summed E-state index contributed by atoms with van der Waals surface area (Å²) < 4.78 is 6.22. The van der Waals surface area contributed by atoms with Crippen molar-refractivity contribution in [3.05, 3.63) is 62.4 Å². The van der Waals surface area contributed by atoms with Crippen molar-refractivity contribution in [2.24, 2.45) is 0 Å². The third-order valence-electron chi connectivity index (χ3n) is 2.48. The minimum atomic E-state index is -0.586. The molecule has 20 heavy (non-hydrogen) atoms. The molecule has 0 aliphatic heterocycles. The number of carbonyl (C=O) groups is 1. The van der Waals surface area contributed by atoms with Crippen LogP contribution < -0.4 is 4.74 Å². The molecule has 2 rings (SSSR count). The van der Waals surface area contributed by atoms with Gasteiger partial charge in [0, 0.05) is 22.3 Å². The molecule has 0 fully saturated rings. The molecule has 0 amide bonds. The van der Waals surface area contributed by atoms with Gasteiger partial charge in [0.2, 0.25) is 0 Å². The number of aldehydes is 1. The summed E-state index contributed by atoms with van der Waals surface area (Å²) in [6.45, 7) is 0.106. The number of hydrogen-bond acceptors (Lipinski definition) is 5. The Bertz CT molecular complexity index is 643. The molecule has 1 aromatic heterocycles. The van der Waals surface area contributed by atoms with E-state index in [9.17, 15) is 14.9 Å². The number of carbonyl (C=O) groups excluding carboxylic acids is 1. The first-order valence-corrected chi connectivity index (χ1v) is 6.36. The molecule has 0 spiro atoms. The van der Waals surface area contributed by atoms with Gasteiger partial charge in [-0.3, -0.25) is 19.9 Å². The highest BCUT2D eigenvalue weighted by molar-refractivity contribution is 9.10. The lowest BCUT2D eigenvalue weighted by atomic mass is 10.2. The Labute approximate surface area is 122 Å². The molecule has 0 aliphatic rings. The molecular weight excluding hydrogens is 328 g/mol. The Morgan fingerprint density at radius 1 is 1.35 bits per heavy atom. The average molecular weight is 337 g/mol. The van der Waals surface area contributed by atoms with E-state index in [4.69, 9.17) is 4.74 Å². The van der Waals surface area contributed by atoms with Gasteiger partial charge in [0.1, 0.15) is 12.9 Å². The largest absolute Gasteiger partial charge is 0.480 e. The molecule has 0 N–H and O–H groups in total. The molecule has 2 aromatic rings. The van der Waals surface area contributed by atoms with Crippen molar-refractivity contribution >= 4 is 27.9 Å². The zero-order valence-corrected chi connectivity index (χ0v) is 11.7. The minimum Gasteiger partial charge on any atom is -0.480 e. The number of ether oxygens (including phenoxy) is 1. The number of hydrogen-bond donors (Lipinski definition) is 0. The van der Waals surface area contributed by atoms with Crippen LogP contribution in [0.1, 0.15) is 16.1 Å². The van der Waals surface area contributed by atoms with Crippen molar-refractivity contribution in [2.45, 2.75) is 6.61 Å². The molecule has 1 aromatic carbocycles. The average Bonchev–Trinajstić information content (AvgIpc) is 2.46. The van der Waals surface area contributed by atoms with Crippen LogP contribution in [-0.4, -0.2) is 16.2 Å². The molecule has 1 heterocycles. The fraction of sp³-hybridized carbons (Fsp3) is 0.0769. The first-order valence-electron chi connectivity index (χ1n) is 5.57. The maximum atomic E-state index is 10.9. The summed E-state index contributed by atoms with van der Waals surface area (Å²) in [4.78, 5) is 25.1. The van der Waals surface area contributed by atoms with Gasteiger partial charge in [-0.05, 0) is 40.2 Å². The Morgan fingerprint density at radius 2 is 2.15 bits per heavy atom.